The molecule has 1 aliphatic heterocycles. The van der Waals surface area contributed by atoms with Gasteiger partial charge in [-0.1, -0.05) is 6.07 Å². The Labute approximate surface area is 155 Å². The van der Waals surface area contributed by atoms with Crippen molar-refractivity contribution in [2.75, 3.05) is 0 Å². The van der Waals surface area contributed by atoms with Gasteiger partial charge < -0.3 is 10.5 Å². The van der Waals surface area contributed by atoms with Crippen LogP contribution in [0.4, 0.5) is 4.39 Å². The fourth-order valence-electron chi connectivity index (χ4n) is 2.98. The molecule has 7 heteroatoms. The summed E-state index contributed by atoms with van der Waals surface area (Å²) in [4.78, 5) is 20.7. The lowest BCUT2D eigenvalue weighted by atomic mass is 9.88. The Balaban J connectivity index is 1.90. The third kappa shape index (κ3) is 3.85. The number of Topliss-reactive ketones (excluding diaryl/α,β-unsaturated/α-hetero) is 1. The van der Waals surface area contributed by atoms with Gasteiger partial charge in [-0.15, -0.1) is 0 Å². The number of ketones is 1. The van der Waals surface area contributed by atoms with Gasteiger partial charge in [0.25, 0.3) is 6.02 Å². The highest BCUT2D eigenvalue weighted by Crippen LogP contribution is 2.34. The zero-order valence-electron chi connectivity index (χ0n) is 14.9. The van der Waals surface area contributed by atoms with Gasteiger partial charge in [0.05, 0.1) is 5.56 Å². The molecule has 0 saturated carbocycles. The number of pyridine rings is 1. The Morgan fingerprint density at radius 3 is 2.78 bits per heavy atom. The highest BCUT2D eigenvalue weighted by molar-refractivity contribution is 5.95. The molecule has 2 N–H and O–H groups in total. The van der Waals surface area contributed by atoms with E-state index >= 15 is 0 Å². The van der Waals surface area contributed by atoms with Gasteiger partial charge in [-0.2, -0.15) is 5.26 Å². The monoisotopic (exact) mass is 364 g/mol. The van der Waals surface area contributed by atoms with Gasteiger partial charge in [0.1, 0.15) is 28.9 Å². The number of hydrogen-bond donors (Lipinski definition) is 1. The van der Waals surface area contributed by atoms with Gasteiger partial charge >= 0.3 is 0 Å². The number of rotatable bonds is 4. The zero-order valence-corrected chi connectivity index (χ0v) is 14.9. The lowest BCUT2D eigenvalue weighted by molar-refractivity contribution is 0.0988. The van der Waals surface area contributed by atoms with E-state index in [2.05, 4.69) is 9.98 Å². The van der Waals surface area contributed by atoms with Crippen LogP contribution in [0, 0.1) is 17.1 Å². The van der Waals surface area contributed by atoms with Crippen LogP contribution in [0.5, 0.6) is 0 Å². The minimum atomic E-state index is -1.03. The number of hydrogen-bond acceptors (Lipinski definition) is 6. The van der Waals surface area contributed by atoms with E-state index in [0.29, 0.717) is 22.4 Å². The first-order valence-electron chi connectivity index (χ1n) is 8.21. The number of carbonyl (C=O) groups is 1. The molecule has 0 radical (unpaired) electrons. The van der Waals surface area contributed by atoms with Crippen molar-refractivity contribution >= 4 is 11.8 Å². The van der Waals surface area contributed by atoms with Gasteiger partial charge in [0.15, 0.2) is 5.78 Å². The maximum Gasteiger partial charge on any atom is 0.288 e. The number of nitriles is 1. The van der Waals surface area contributed by atoms with E-state index in [1.807, 2.05) is 6.07 Å². The summed E-state index contributed by atoms with van der Waals surface area (Å²) < 4.78 is 19.7. The number of allylic oxidation sites excluding steroid dienone is 1. The number of nitrogens with zero attached hydrogens (tertiary/aromatic N) is 3. The molecule has 0 saturated heterocycles. The van der Waals surface area contributed by atoms with E-state index in [4.69, 9.17) is 15.7 Å². The molecule has 3 rings (SSSR count). The van der Waals surface area contributed by atoms with Crippen molar-refractivity contribution in [2.45, 2.75) is 25.8 Å². The zero-order chi connectivity index (χ0) is 19.6. The van der Waals surface area contributed by atoms with Crippen LogP contribution < -0.4 is 5.73 Å². The molecule has 0 fully saturated rings. The largest absolute Gasteiger partial charge is 0.431 e. The van der Waals surface area contributed by atoms with Crippen LogP contribution in [-0.4, -0.2) is 16.8 Å². The van der Waals surface area contributed by atoms with Crippen molar-refractivity contribution < 1.29 is 13.9 Å². The minimum Gasteiger partial charge on any atom is -0.431 e. The Hall–Kier alpha value is -3.53. The lowest BCUT2D eigenvalue weighted by Gasteiger charge is -2.27. The van der Waals surface area contributed by atoms with E-state index in [1.54, 1.807) is 32.1 Å². The fourth-order valence-corrected chi connectivity index (χ4v) is 2.98. The third-order valence-electron chi connectivity index (χ3n) is 4.21. The standard InChI is InChI=1S/C20H17FN4O2/c1-12-9-20(2,25-19(23)27-12)15-7-13(3-5-16(15)21)8-18(26)17-6-4-14(10-22)11-24-17/h3-7,9,11H,8H2,1-2H3,(H2,23,25)/t20-/m0/s1. The highest BCUT2D eigenvalue weighted by atomic mass is 19.1. The van der Waals surface area contributed by atoms with Gasteiger partial charge in [-0.05, 0) is 49.8 Å². The molecule has 136 valence electrons. The average molecular weight is 364 g/mol. The number of aromatic nitrogens is 1. The molecule has 2 heterocycles. The van der Waals surface area contributed by atoms with Crippen molar-refractivity contribution in [2.24, 2.45) is 10.7 Å². The van der Waals surface area contributed by atoms with Crippen molar-refractivity contribution in [1.82, 2.24) is 4.98 Å². The van der Waals surface area contributed by atoms with Gasteiger partial charge in [0, 0.05) is 18.2 Å². The Morgan fingerprint density at radius 2 is 2.15 bits per heavy atom. The molecule has 1 aromatic heterocycles. The number of ether oxygens (including phenoxy) is 1. The lowest BCUT2D eigenvalue weighted by Crippen LogP contribution is -2.30. The van der Waals surface area contributed by atoms with E-state index < -0.39 is 11.4 Å². The molecule has 1 atom stereocenters. The summed E-state index contributed by atoms with van der Waals surface area (Å²) in [5.41, 5.74) is 6.20. The van der Waals surface area contributed by atoms with Crippen LogP contribution in [0.2, 0.25) is 0 Å². The van der Waals surface area contributed by atoms with Crippen LogP contribution in [0.15, 0.2) is 53.4 Å². The Kier molecular flexibility index (Phi) is 4.74. The number of benzene rings is 1. The average Bonchev–Trinajstić information content (AvgIpc) is 2.62. The number of halogens is 1. The number of amidine groups is 1. The molecule has 0 amide bonds. The van der Waals surface area contributed by atoms with Crippen molar-refractivity contribution in [1.29, 1.82) is 5.26 Å². The maximum absolute atomic E-state index is 14.5. The summed E-state index contributed by atoms with van der Waals surface area (Å²) >= 11 is 0. The molecule has 0 aliphatic carbocycles. The molecule has 0 spiro atoms. The SMILES string of the molecule is CC1=C[C@@](C)(c2cc(CC(=O)c3ccc(C#N)cn3)ccc2F)N=C(N)O1. The predicted octanol–water partition coefficient (Wildman–Crippen LogP) is 2.98. The second-order valence-corrected chi connectivity index (χ2v) is 6.41. The van der Waals surface area contributed by atoms with E-state index in [9.17, 15) is 9.18 Å². The normalized spacial score (nSPS) is 18.7. The topological polar surface area (TPSA) is 101 Å². The van der Waals surface area contributed by atoms with Gasteiger partial charge in [-0.3, -0.25) is 9.78 Å². The van der Waals surface area contributed by atoms with Crippen molar-refractivity contribution in [3.05, 3.63) is 76.6 Å². The van der Waals surface area contributed by atoms with Gasteiger partial charge in [0.2, 0.25) is 0 Å². The predicted molar refractivity (Wildman–Crippen MR) is 97.2 cm³/mol. The summed E-state index contributed by atoms with van der Waals surface area (Å²) in [6, 6.07) is 9.40. The molecule has 1 aromatic carbocycles. The molecular formula is C20H17FN4O2. The molecule has 6 nitrogen and oxygen atoms in total. The summed E-state index contributed by atoms with van der Waals surface area (Å²) in [7, 11) is 0. The molecule has 0 bridgehead atoms. The summed E-state index contributed by atoms with van der Waals surface area (Å²) in [6.07, 6.45) is 3.06. The van der Waals surface area contributed by atoms with Crippen LogP contribution in [0.3, 0.4) is 0 Å². The first kappa shape index (κ1) is 18.3. The number of aliphatic imine (C=N–C) groups is 1. The third-order valence-corrected chi connectivity index (χ3v) is 4.21. The van der Waals surface area contributed by atoms with E-state index in [-0.39, 0.29) is 23.9 Å². The first-order chi connectivity index (χ1) is 12.8. The number of nitrogens with two attached hydrogens (primary N) is 1. The minimum absolute atomic E-state index is 0.0415. The molecule has 27 heavy (non-hydrogen) atoms. The second-order valence-electron chi connectivity index (χ2n) is 6.41. The molecular weight excluding hydrogens is 347 g/mol. The number of carbonyl (C=O) groups excluding carboxylic acids is 1. The van der Waals surface area contributed by atoms with Crippen LogP contribution in [-0.2, 0) is 16.7 Å². The Bertz CT molecular complexity index is 986. The van der Waals surface area contributed by atoms with Gasteiger partial charge in [-0.25, -0.2) is 9.38 Å². The molecule has 1 aliphatic rings. The van der Waals surface area contributed by atoms with E-state index in [1.165, 1.54) is 24.4 Å². The quantitative estimate of drug-likeness (QED) is 0.841. The maximum atomic E-state index is 14.5. The smallest absolute Gasteiger partial charge is 0.288 e. The Morgan fingerprint density at radius 1 is 1.37 bits per heavy atom. The molecule has 0 unspecified atom stereocenters. The summed E-state index contributed by atoms with van der Waals surface area (Å²) in [5, 5.41) is 8.80. The summed E-state index contributed by atoms with van der Waals surface area (Å²) in [6.45, 7) is 3.43. The van der Waals surface area contributed by atoms with Crippen LogP contribution in [0.25, 0.3) is 0 Å². The van der Waals surface area contributed by atoms with Crippen LogP contribution >= 0.6 is 0 Å². The summed E-state index contributed by atoms with van der Waals surface area (Å²) in [5.74, 6) is -0.163. The van der Waals surface area contributed by atoms with Crippen molar-refractivity contribution in [3.63, 3.8) is 0 Å². The second kappa shape index (κ2) is 7.00. The fraction of sp³-hybridized carbons (Fsp3) is 0.200. The van der Waals surface area contributed by atoms with E-state index in [0.717, 1.165) is 0 Å². The first-order valence-corrected chi connectivity index (χ1v) is 8.21. The van der Waals surface area contributed by atoms with Crippen LogP contribution in [0.1, 0.15) is 41.0 Å². The molecule has 2 aromatic rings. The van der Waals surface area contributed by atoms with Crippen molar-refractivity contribution in [3.8, 4) is 6.07 Å². The highest BCUT2D eigenvalue weighted by Gasteiger charge is 2.31.